The average Bonchev–Trinajstić information content (AvgIpc) is 3.64. The number of aryl methyl sites for hydroxylation is 1. The molecule has 1 saturated carbocycles. The number of halogens is 6. The van der Waals surface area contributed by atoms with Gasteiger partial charge in [0.05, 0.1) is 45.4 Å². The predicted octanol–water partition coefficient (Wildman–Crippen LogP) is 6.14. The maximum Gasteiger partial charge on any atom is 0.262 e. The quantitative estimate of drug-likeness (QED) is 0.138. The van der Waals surface area contributed by atoms with Gasteiger partial charge in [0, 0.05) is 40.8 Å². The van der Waals surface area contributed by atoms with Crippen molar-refractivity contribution in [3.05, 3.63) is 94.2 Å². The van der Waals surface area contributed by atoms with E-state index in [-0.39, 0.29) is 22.0 Å². The van der Waals surface area contributed by atoms with Crippen LogP contribution in [0.5, 0.6) is 0 Å². The summed E-state index contributed by atoms with van der Waals surface area (Å²) in [4.78, 5) is 11.6. The van der Waals surface area contributed by atoms with E-state index in [1.165, 1.54) is 29.5 Å². The lowest BCUT2D eigenvalue weighted by Gasteiger charge is -2.25. The van der Waals surface area contributed by atoms with Gasteiger partial charge in [-0.05, 0) is 38.0 Å². The third kappa shape index (κ3) is 5.21. The van der Waals surface area contributed by atoms with Gasteiger partial charge in [-0.15, -0.1) is 5.53 Å². The first-order valence-electron chi connectivity index (χ1n) is 12.9. The second-order valence-corrected chi connectivity index (χ2v) is 10.5. The van der Waals surface area contributed by atoms with Crippen LogP contribution in [0, 0.1) is 36.0 Å². The van der Waals surface area contributed by atoms with Crippen LogP contribution in [0.2, 0.25) is 5.02 Å². The number of hydrogen-bond acceptors (Lipinski definition) is 9. The van der Waals surface area contributed by atoms with Gasteiger partial charge in [0.25, 0.3) is 6.43 Å². The highest BCUT2D eigenvalue weighted by Gasteiger charge is 2.56. The Balaban J connectivity index is 1.43. The molecule has 0 spiro atoms. The first kappa shape index (κ1) is 28.4. The van der Waals surface area contributed by atoms with Gasteiger partial charge in [-0.25, -0.2) is 23.1 Å². The van der Waals surface area contributed by atoms with E-state index in [2.05, 4.69) is 36.5 Å². The molecule has 4 aromatic rings. The van der Waals surface area contributed by atoms with E-state index in [1.807, 2.05) is 6.07 Å². The zero-order valence-corrected chi connectivity index (χ0v) is 22.9. The number of hydrazine groups is 2. The Morgan fingerprint density at radius 2 is 1.88 bits per heavy atom. The van der Waals surface area contributed by atoms with Crippen molar-refractivity contribution in [3.63, 3.8) is 0 Å². The monoisotopic (exact) mass is 613 g/mol. The minimum Gasteiger partial charge on any atom is -0.373 e. The minimum atomic E-state index is -2.59. The Bertz CT molecular complexity index is 1820. The number of anilines is 3. The van der Waals surface area contributed by atoms with Crippen molar-refractivity contribution in [2.45, 2.75) is 37.8 Å². The molecule has 4 heterocycles. The third-order valence-corrected chi connectivity index (χ3v) is 7.66. The molecule has 1 aromatic carbocycles. The topological polar surface area (TPSA) is 114 Å². The fourth-order valence-electron chi connectivity index (χ4n) is 4.94. The zero-order valence-electron chi connectivity index (χ0n) is 22.2. The first-order chi connectivity index (χ1) is 20.6. The molecule has 4 N–H and O–H groups in total. The Morgan fingerprint density at radius 3 is 2.56 bits per heavy atom. The Morgan fingerprint density at radius 1 is 1.09 bits per heavy atom. The number of nitriles is 1. The van der Waals surface area contributed by atoms with Gasteiger partial charge in [-0.2, -0.15) is 14.0 Å². The van der Waals surface area contributed by atoms with E-state index in [9.17, 15) is 27.2 Å². The third-order valence-electron chi connectivity index (χ3n) is 7.37. The molecule has 6 rings (SSSR count). The van der Waals surface area contributed by atoms with Crippen molar-refractivity contribution in [2.24, 2.45) is 0 Å². The van der Waals surface area contributed by atoms with E-state index in [0.717, 1.165) is 12.3 Å². The molecule has 2 aliphatic rings. The normalized spacial score (nSPS) is 16.1. The van der Waals surface area contributed by atoms with Crippen molar-refractivity contribution in [2.75, 3.05) is 10.6 Å². The lowest BCUT2D eigenvalue weighted by Crippen LogP contribution is -2.48. The van der Waals surface area contributed by atoms with Crippen LogP contribution in [-0.2, 0) is 0 Å². The van der Waals surface area contributed by atoms with Crippen LogP contribution >= 0.6 is 11.6 Å². The van der Waals surface area contributed by atoms with E-state index in [4.69, 9.17) is 11.6 Å². The maximum absolute atomic E-state index is 13.9. The molecule has 0 unspecified atom stereocenters. The van der Waals surface area contributed by atoms with Gasteiger partial charge in [-0.3, -0.25) is 9.99 Å². The zero-order chi connectivity index (χ0) is 30.5. The molecule has 0 amide bonds. The van der Waals surface area contributed by atoms with E-state index in [0.29, 0.717) is 46.4 Å². The molecule has 1 fully saturated rings. The van der Waals surface area contributed by atoms with Gasteiger partial charge >= 0.3 is 0 Å². The minimum absolute atomic E-state index is 0.0720. The molecular weight excluding hydrogens is 593 g/mol. The average molecular weight is 614 g/mol. The van der Waals surface area contributed by atoms with Crippen molar-refractivity contribution in [1.82, 2.24) is 30.9 Å². The highest BCUT2D eigenvalue weighted by Crippen LogP contribution is 2.47. The van der Waals surface area contributed by atoms with Gasteiger partial charge < -0.3 is 16.1 Å². The van der Waals surface area contributed by atoms with Crippen LogP contribution in [-0.4, -0.2) is 31.9 Å². The molecule has 15 heteroatoms. The number of rotatable bonds is 8. The highest BCUT2D eigenvalue weighted by atomic mass is 35.5. The summed E-state index contributed by atoms with van der Waals surface area (Å²) in [7, 11) is 0. The SMILES string of the molecule is Cc1nc(F)ccc1[C@H](Nc1cc(Cl)c2ncc(C#N)c(Nc3cnc(F)c(F)c3)c2c1)C1=CN(C2(C(F)F)CC2)NN1. The Hall–Kier alpha value is -4.74. The molecule has 0 bridgehead atoms. The lowest BCUT2D eigenvalue weighted by atomic mass is 10.0. The summed E-state index contributed by atoms with van der Waals surface area (Å²) in [5.74, 6) is -3.15. The molecule has 1 atom stereocenters. The summed E-state index contributed by atoms with van der Waals surface area (Å²) in [5, 5.41) is 17.9. The number of pyridine rings is 3. The number of fused-ring (bicyclic) bond motifs is 1. The maximum atomic E-state index is 13.9. The van der Waals surface area contributed by atoms with Crippen LogP contribution in [0.4, 0.5) is 39.0 Å². The van der Waals surface area contributed by atoms with Crippen molar-refractivity contribution < 1.29 is 22.0 Å². The molecule has 43 heavy (non-hydrogen) atoms. The van der Waals surface area contributed by atoms with Crippen molar-refractivity contribution in [1.29, 1.82) is 5.26 Å². The molecule has 0 radical (unpaired) electrons. The second-order valence-electron chi connectivity index (χ2n) is 10.1. The number of aromatic nitrogens is 3. The second kappa shape index (κ2) is 10.8. The molecular formula is C28H21ClF5N9. The number of hydrogen-bond donors (Lipinski definition) is 4. The highest BCUT2D eigenvalue weighted by molar-refractivity contribution is 6.36. The number of nitrogens with one attached hydrogen (secondary N) is 4. The molecule has 3 aromatic heterocycles. The van der Waals surface area contributed by atoms with Crippen LogP contribution < -0.4 is 21.6 Å². The van der Waals surface area contributed by atoms with Gasteiger partial charge in [0.15, 0.2) is 5.82 Å². The van der Waals surface area contributed by atoms with E-state index < -0.39 is 35.7 Å². The van der Waals surface area contributed by atoms with Gasteiger partial charge in [-0.1, -0.05) is 17.7 Å². The summed E-state index contributed by atoms with van der Waals surface area (Å²) in [5.41, 5.74) is 6.80. The predicted molar refractivity (Wildman–Crippen MR) is 148 cm³/mol. The van der Waals surface area contributed by atoms with E-state index >= 15 is 0 Å². The Labute approximate surface area is 246 Å². The van der Waals surface area contributed by atoms with Crippen LogP contribution in [0.15, 0.2) is 54.6 Å². The largest absolute Gasteiger partial charge is 0.373 e. The first-order valence-corrected chi connectivity index (χ1v) is 13.3. The lowest BCUT2D eigenvalue weighted by molar-refractivity contribution is 0.00911. The summed E-state index contributed by atoms with van der Waals surface area (Å²) in [6, 6.07) is 8.08. The Kier molecular flexibility index (Phi) is 7.15. The number of alkyl halides is 2. The standard InChI is InChI=1S/C28H21ClF5N9/c1-13-17(2-3-22(31)38-13)25(21-12-43(42-41-21)28(4-5-28)27(33)34)39-15-6-18-23(40-16-8-20(30)26(32)37-11-16)14(9-35)10-36-24(18)19(29)7-15/h2-3,6-8,10-12,25,27,39,41-42H,4-5H2,1H3,(H,36,40)/t25-/m0/s1. The molecule has 1 aliphatic carbocycles. The van der Waals surface area contributed by atoms with Crippen LogP contribution in [0.1, 0.15) is 35.7 Å². The fourth-order valence-corrected chi connectivity index (χ4v) is 5.21. The number of nitrogens with zero attached hydrogens (tertiary/aromatic N) is 5. The summed E-state index contributed by atoms with van der Waals surface area (Å²) in [6.45, 7) is 1.61. The molecule has 9 nitrogen and oxygen atoms in total. The van der Waals surface area contributed by atoms with Crippen molar-refractivity contribution in [3.8, 4) is 6.07 Å². The van der Waals surface area contributed by atoms with Gasteiger partial charge in [0.2, 0.25) is 11.9 Å². The van der Waals surface area contributed by atoms with Gasteiger partial charge in [0.1, 0.15) is 11.6 Å². The van der Waals surface area contributed by atoms with E-state index in [1.54, 1.807) is 19.1 Å². The molecule has 1 aliphatic heterocycles. The van der Waals surface area contributed by atoms with Crippen LogP contribution in [0.25, 0.3) is 10.9 Å². The van der Waals surface area contributed by atoms with Crippen molar-refractivity contribution >= 4 is 39.6 Å². The molecule has 220 valence electrons. The summed E-state index contributed by atoms with van der Waals surface area (Å²) in [6.07, 6.45) is 1.90. The summed E-state index contributed by atoms with van der Waals surface area (Å²) >= 11 is 6.61. The fraction of sp³-hybridized carbons (Fsp3) is 0.214. The molecule has 0 saturated heterocycles. The smallest absolute Gasteiger partial charge is 0.262 e. The summed E-state index contributed by atoms with van der Waals surface area (Å²) < 4.78 is 68.9. The van der Waals surface area contributed by atoms with Crippen LogP contribution in [0.3, 0.4) is 0 Å². The number of benzene rings is 1.